The van der Waals surface area contributed by atoms with Crippen LogP contribution in [0.4, 0.5) is 0 Å². The standard InChI is InChI=1S/C21H14O/c1-11-6-7-12-10-17-14-4-2-3-5-15(14)20-21(22-20)19(17)16-9-8-13(11)18(12)16/h2-7,10H,8-9H2,1H3. The van der Waals surface area contributed by atoms with Crippen LogP contribution in [0, 0.1) is 6.92 Å². The van der Waals surface area contributed by atoms with Crippen LogP contribution >= 0.6 is 0 Å². The number of hydrogen-bond donors (Lipinski definition) is 0. The Balaban J connectivity index is 1.95. The smallest absolute Gasteiger partial charge is 0.178 e. The van der Waals surface area contributed by atoms with Crippen LogP contribution in [0.1, 0.15) is 16.7 Å². The van der Waals surface area contributed by atoms with E-state index in [2.05, 4.69) is 49.4 Å². The minimum atomic E-state index is 1.10. The Labute approximate surface area is 128 Å². The summed E-state index contributed by atoms with van der Waals surface area (Å²) in [6.45, 7) is 2.23. The van der Waals surface area contributed by atoms with Crippen molar-refractivity contribution in [2.24, 2.45) is 0 Å². The van der Waals surface area contributed by atoms with Crippen molar-refractivity contribution in [3.05, 3.63) is 59.2 Å². The van der Waals surface area contributed by atoms with Gasteiger partial charge in [-0.1, -0.05) is 36.4 Å². The number of rotatable bonds is 0. The lowest BCUT2D eigenvalue weighted by molar-refractivity contribution is 0.657. The predicted molar refractivity (Wildman–Crippen MR) is 91.2 cm³/mol. The van der Waals surface area contributed by atoms with Crippen molar-refractivity contribution < 1.29 is 4.74 Å². The minimum Gasteiger partial charge on any atom is -0.448 e. The van der Waals surface area contributed by atoms with Crippen LogP contribution < -0.4 is 4.74 Å². The molecule has 0 N–H and O–H groups in total. The molecule has 0 radical (unpaired) electrons. The molecule has 2 aliphatic rings. The molecule has 1 aliphatic carbocycles. The van der Waals surface area contributed by atoms with Crippen LogP contribution in [-0.2, 0) is 12.8 Å². The van der Waals surface area contributed by atoms with Crippen LogP contribution in [-0.4, -0.2) is 0 Å². The molecule has 4 aromatic rings. The second kappa shape index (κ2) is 3.44. The second-order valence-electron chi connectivity index (χ2n) is 6.54. The Bertz CT molecular complexity index is 1150. The highest BCUT2D eigenvalue weighted by molar-refractivity contribution is 6.22. The lowest BCUT2D eigenvalue weighted by Crippen LogP contribution is -1.85. The fourth-order valence-corrected chi connectivity index (χ4v) is 4.39. The van der Waals surface area contributed by atoms with Gasteiger partial charge in [0.15, 0.2) is 11.5 Å². The number of ether oxygens (including phenoxy) is 1. The highest BCUT2D eigenvalue weighted by Crippen LogP contribution is 2.58. The number of fused-ring (bicyclic) bond motifs is 7. The Hall–Kier alpha value is -2.54. The predicted octanol–water partition coefficient (Wildman–Crippen LogP) is 5.66. The summed E-state index contributed by atoms with van der Waals surface area (Å²) in [5, 5.41) is 8.16. The maximum atomic E-state index is 5.91. The van der Waals surface area contributed by atoms with Gasteiger partial charge in [0, 0.05) is 10.8 Å². The first-order valence-electron chi connectivity index (χ1n) is 7.93. The van der Waals surface area contributed by atoms with E-state index < -0.39 is 0 Å². The van der Waals surface area contributed by atoms with Crippen LogP contribution in [0.3, 0.4) is 0 Å². The second-order valence-corrected chi connectivity index (χ2v) is 6.54. The van der Waals surface area contributed by atoms with Gasteiger partial charge in [0.25, 0.3) is 0 Å². The van der Waals surface area contributed by atoms with E-state index in [0.717, 1.165) is 17.9 Å². The summed E-state index contributed by atoms with van der Waals surface area (Å²) in [4.78, 5) is 0. The minimum absolute atomic E-state index is 1.10. The molecule has 0 aromatic heterocycles. The zero-order valence-corrected chi connectivity index (χ0v) is 12.4. The molecule has 0 bridgehead atoms. The molecule has 22 heavy (non-hydrogen) atoms. The molecule has 1 aliphatic heterocycles. The van der Waals surface area contributed by atoms with Gasteiger partial charge in [-0.2, -0.15) is 0 Å². The van der Waals surface area contributed by atoms with E-state index in [1.54, 1.807) is 0 Å². The number of benzene rings is 4. The molecule has 0 fully saturated rings. The van der Waals surface area contributed by atoms with E-state index in [1.807, 2.05) is 0 Å². The molecular formula is C21H14O. The van der Waals surface area contributed by atoms with E-state index in [1.165, 1.54) is 55.4 Å². The topological polar surface area (TPSA) is 12.5 Å². The summed E-state index contributed by atoms with van der Waals surface area (Å²) in [6, 6.07) is 15.5. The van der Waals surface area contributed by atoms with Gasteiger partial charge in [0.1, 0.15) is 0 Å². The lowest BCUT2D eigenvalue weighted by atomic mass is 9.93. The molecule has 0 spiro atoms. The molecule has 0 saturated carbocycles. The molecule has 0 unspecified atom stereocenters. The average molecular weight is 282 g/mol. The van der Waals surface area contributed by atoms with Crippen LogP contribution in [0.15, 0.2) is 42.5 Å². The molecular weight excluding hydrogens is 268 g/mol. The zero-order valence-electron chi connectivity index (χ0n) is 12.4. The van der Waals surface area contributed by atoms with E-state index in [0.29, 0.717) is 0 Å². The van der Waals surface area contributed by atoms with Crippen molar-refractivity contribution in [1.82, 2.24) is 0 Å². The number of hydrogen-bond acceptors (Lipinski definition) is 1. The first-order valence-corrected chi connectivity index (χ1v) is 7.93. The average Bonchev–Trinajstić information content (AvgIpc) is 3.22. The third-order valence-electron chi connectivity index (χ3n) is 5.43. The summed E-state index contributed by atoms with van der Waals surface area (Å²) >= 11 is 0. The maximum Gasteiger partial charge on any atom is 0.178 e. The van der Waals surface area contributed by atoms with Crippen LogP contribution in [0.5, 0.6) is 11.5 Å². The van der Waals surface area contributed by atoms with Gasteiger partial charge in [-0.3, -0.25) is 0 Å². The quantitative estimate of drug-likeness (QED) is 0.203. The van der Waals surface area contributed by atoms with E-state index in [4.69, 9.17) is 4.74 Å². The van der Waals surface area contributed by atoms with Crippen molar-refractivity contribution in [2.75, 3.05) is 0 Å². The molecule has 1 nitrogen and oxygen atoms in total. The van der Waals surface area contributed by atoms with E-state index in [9.17, 15) is 0 Å². The van der Waals surface area contributed by atoms with Gasteiger partial charge in [-0.15, -0.1) is 0 Å². The molecule has 0 amide bonds. The molecule has 0 saturated heterocycles. The Morgan fingerprint density at radius 3 is 2.50 bits per heavy atom. The molecule has 6 rings (SSSR count). The Morgan fingerprint density at radius 1 is 0.773 bits per heavy atom. The van der Waals surface area contributed by atoms with Crippen LogP contribution in [0.25, 0.3) is 32.3 Å². The van der Waals surface area contributed by atoms with Gasteiger partial charge < -0.3 is 4.74 Å². The van der Waals surface area contributed by atoms with Gasteiger partial charge in [-0.25, -0.2) is 0 Å². The number of aryl methyl sites for hydroxylation is 3. The largest absolute Gasteiger partial charge is 0.448 e. The van der Waals surface area contributed by atoms with Gasteiger partial charge in [-0.05, 0) is 64.1 Å². The Kier molecular flexibility index (Phi) is 1.73. The highest BCUT2D eigenvalue weighted by atomic mass is 16.6. The highest BCUT2D eigenvalue weighted by Gasteiger charge is 2.32. The van der Waals surface area contributed by atoms with Crippen molar-refractivity contribution in [3.63, 3.8) is 0 Å². The lowest BCUT2D eigenvalue weighted by Gasteiger charge is -2.09. The Morgan fingerprint density at radius 2 is 1.59 bits per heavy atom. The van der Waals surface area contributed by atoms with E-state index >= 15 is 0 Å². The fourth-order valence-electron chi connectivity index (χ4n) is 4.39. The summed E-state index contributed by atoms with van der Waals surface area (Å²) in [6.07, 6.45) is 2.31. The molecule has 4 aromatic carbocycles. The van der Waals surface area contributed by atoms with Gasteiger partial charge in [0.05, 0.1) is 0 Å². The third kappa shape index (κ3) is 1.14. The zero-order chi connectivity index (χ0) is 14.4. The molecule has 1 heterocycles. The van der Waals surface area contributed by atoms with Gasteiger partial charge >= 0.3 is 0 Å². The summed E-state index contributed by atoms with van der Waals surface area (Å²) in [5.74, 6) is 2.22. The monoisotopic (exact) mass is 282 g/mol. The first-order chi connectivity index (χ1) is 10.8. The molecule has 1 heteroatoms. The summed E-state index contributed by atoms with van der Waals surface area (Å²) in [5.41, 5.74) is 4.47. The summed E-state index contributed by atoms with van der Waals surface area (Å²) < 4.78 is 5.91. The normalized spacial score (nSPS) is 14.6. The maximum absolute atomic E-state index is 5.91. The first kappa shape index (κ1) is 11.1. The third-order valence-corrected chi connectivity index (χ3v) is 5.43. The summed E-state index contributed by atoms with van der Waals surface area (Å²) in [7, 11) is 0. The van der Waals surface area contributed by atoms with Gasteiger partial charge in [0.2, 0.25) is 0 Å². The van der Waals surface area contributed by atoms with Crippen molar-refractivity contribution in [2.45, 2.75) is 19.8 Å². The van der Waals surface area contributed by atoms with Crippen molar-refractivity contribution in [1.29, 1.82) is 0 Å². The fraction of sp³-hybridized carbons (Fsp3) is 0.143. The SMILES string of the molecule is Cc1ccc2cc3c(c4c(c5ccccc53)O4)c3c2c1CC3. The van der Waals surface area contributed by atoms with Crippen molar-refractivity contribution in [3.8, 4) is 11.5 Å². The van der Waals surface area contributed by atoms with Crippen molar-refractivity contribution >= 4 is 32.3 Å². The van der Waals surface area contributed by atoms with E-state index in [-0.39, 0.29) is 0 Å². The van der Waals surface area contributed by atoms with Crippen LogP contribution in [0.2, 0.25) is 0 Å². The molecule has 104 valence electrons. The molecule has 0 atom stereocenters.